The summed E-state index contributed by atoms with van der Waals surface area (Å²) in [6.07, 6.45) is 1.76. The molecule has 7 rings (SSSR count). The fraction of sp³-hybridized carbons (Fsp3) is 0. The van der Waals surface area contributed by atoms with Gasteiger partial charge in [0, 0.05) is 49.8 Å². The van der Waals surface area contributed by atoms with E-state index < -0.39 is 0 Å². The van der Waals surface area contributed by atoms with Crippen molar-refractivity contribution in [1.82, 2.24) is 14.5 Å². The van der Waals surface area contributed by atoms with Crippen LogP contribution >= 0.6 is 0 Å². The van der Waals surface area contributed by atoms with Crippen molar-refractivity contribution in [2.45, 2.75) is 0 Å². The third kappa shape index (κ3) is 5.32. The molecule has 0 spiro atoms. The maximum atomic E-state index is 6.22. The molecule has 40 heavy (non-hydrogen) atoms. The molecule has 0 aliphatic heterocycles. The molecule has 3 aromatic heterocycles. The molecule has 0 aliphatic rings. The van der Waals surface area contributed by atoms with E-state index in [-0.39, 0.29) is 53.8 Å². The van der Waals surface area contributed by atoms with Gasteiger partial charge in [-0.2, -0.15) is 42.0 Å². The SMILES string of the molecule is [Pt+2].[Y].[c-]1ccccc1-c1cccc(Oc2[c-]c3c(cc2)c2ccccc2n3-c2ncc[c-]c2-c2[c-]cccc2)n1. The first kappa shape index (κ1) is 28.1. The summed E-state index contributed by atoms with van der Waals surface area (Å²) in [5.41, 5.74) is 5.39. The number of rotatable bonds is 5. The monoisotopic (exact) mass is 769 g/mol. The molecule has 0 atom stereocenters. The number of benzene rings is 4. The Morgan fingerprint density at radius 2 is 1.45 bits per heavy atom. The van der Waals surface area contributed by atoms with Gasteiger partial charge in [0.05, 0.1) is 0 Å². The van der Waals surface area contributed by atoms with Crippen LogP contribution in [0, 0.1) is 24.3 Å². The summed E-state index contributed by atoms with van der Waals surface area (Å²) in [6, 6.07) is 48.9. The van der Waals surface area contributed by atoms with Crippen LogP contribution in [0.15, 0.2) is 115 Å². The van der Waals surface area contributed by atoms with Crippen molar-refractivity contribution in [2.75, 3.05) is 0 Å². The van der Waals surface area contributed by atoms with Crippen molar-refractivity contribution >= 4 is 21.8 Å². The second-order valence-corrected chi connectivity index (χ2v) is 8.74. The van der Waals surface area contributed by atoms with Gasteiger partial charge in [0.15, 0.2) is 0 Å². The fourth-order valence-corrected chi connectivity index (χ4v) is 4.71. The van der Waals surface area contributed by atoms with E-state index in [0.29, 0.717) is 11.6 Å². The predicted octanol–water partition coefficient (Wildman–Crippen LogP) is 7.90. The molecule has 0 N–H and O–H groups in total. The quantitative estimate of drug-likeness (QED) is 0.167. The van der Waals surface area contributed by atoms with Crippen molar-refractivity contribution in [2.24, 2.45) is 0 Å². The maximum Gasteiger partial charge on any atom is 2.00 e. The Morgan fingerprint density at radius 3 is 2.25 bits per heavy atom. The largest absolute Gasteiger partial charge is 2.00 e. The van der Waals surface area contributed by atoms with Crippen molar-refractivity contribution < 1.29 is 58.5 Å². The number of nitrogens with zero attached hydrogens (tertiary/aromatic N) is 3. The minimum Gasteiger partial charge on any atom is -0.466 e. The molecule has 0 amide bonds. The van der Waals surface area contributed by atoms with Gasteiger partial charge >= 0.3 is 21.1 Å². The molecular weight excluding hydrogens is 750 g/mol. The molecule has 0 unspecified atom stereocenters. The average molecular weight is 770 g/mol. The van der Waals surface area contributed by atoms with E-state index in [1.165, 1.54) is 0 Å². The van der Waals surface area contributed by atoms with E-state index in [1.807, 2.05) is 91.0 Å². The van der Waals surface area contributed by atoms with E-state index in [9.17, 15) is 0 Å². The standard InChI is InChI=1S/C34H19N3O.Pt.Y/c1-3-11-24(12-4-1)27-16-10-22-35-34(27)37-31-18-8-7-15-28(31)29-21-20-26(23-32(29)37)38-33-19-9-17-30(36-33)25-13-5-2-6-14-25;;/h1-11,13,15,17-22H;;/q-4;+2;. The Hall–Kier alpha value is -3.43. The van der Waals surface area contributed by atoms with E-state index >= 15 is 0 Å². The van der Waals surface area contributed by atoms with E-state index in [2.05, 4.69) is 47.0 Å². The zero-order valence-electron chi connectivity index (χ0n) is 21.1. The normalized spacial score (nSPS) is 10.6. The number of aromatic nitrogens is 3. The number of ether oxygens (including phenoxy) is 1. The molecule has 1 radical (unpaired) electrons. The van der Waals surface area contributed by atoms with Crippen LogP contribution in [0.4, 0.5) is 0 Å². The van der Waals surface area contributed by atoms with Gasteiger partial charge in [-0.3, -0.25) is 4.98 Å². The fourth-order valence-electron chi connectivity index (χ4n) is 4.71. The molecule has 0 fully saturated rings. The Morgan fingerprint density at radius 1 is 0.675 bits per heavy atom. The summed E-state index contributed by atoms with van der Waals surface area (Å²) in [7, 11) is 0. The van der Waals surface area contributed by atoms with Crippen molar-refractivity contribution in [1.29, 1.82) is 0 Å². The van der Waals surface area contributed by atoms with Gasteiger partial charge in [-0.15, -0.1) is 65.5 Å². The second-order valence-electron chi connectivity index (χ2n) is 8.74. The first-order valence-corrected chi connectivity index (χ1v) is 12.3. The summed E-state index contributed by atoms with van der Waals surface area (Å²) < 4.78 is 8.34. The molecule has 191 valence electrons. The predicted molar refractivity (Wildman–Crippen MR) is 149 cm³/mol. The summed E-state index contributed by atoms with van der Waals surface area (Å²) in [5, 5.41) is 2.17. The third-order valence-electron chi connectivity index (χ3n) is 6.39. The van der Waals surface area contributed by atoms with Crippen molar-refractivity contribution in [3.05, 3.63) is 140 Å². The van der Waals surface area contributed by atoms with Crippen LogP contribution in [0.25, 0.3) is 50.0 Å². The Kier molecular flexibility index (Phi) is 8.71. The van der Waals surface area contributed by atoms with Crippen LogP contribution in [-0.4, -0.2) is 14.5 Å². The molecule has 7 aromatic rings. The van der Waals surface area contributed by atoms with E-state index in [4.69, 9.17) is 14.7 Å². The van der Waals surface area contributed by atoms with E-state index in [1.54, 1.807) is 6.20 Å². The second kappa shape index (κ2) is 12.4. The number of para-hydroxylation sites is 1. The Balaban J connectivity index is 0.00000161. The molecule has 0 aliphatic carbocycles. The number of hydrogen-bond acceptors (Lipinski definition) is 3. The summed E-state index contributed by atoms with van der Waals surface area (Å²) in [5.74, 6) is 1.81. The van der Waals surface area contributed by atoms with E-state index in [0.717, 1.165) is 50.0 Å². The van der Waals surface area contributed by atoms with Crippen LogP contribution in [0.2, 0.25) is 0 Å². The van der Waals surface area contributed by atoms with Gasteiger partial charge in [0.1, 0.15) is 0 Å². The van der Waals surface area contributed by atoms with Gasteiger partial charge in [0.2, 0.25) is 5.88 Å². The zero-order chi connectivity index (χ0) is 25.3. The summed E-state index contributed by atoms with van der Waals surface area (Å²) in [4.78, 5) is 9.49. The number of pyridine rings is 2. The zero-order valence-corrected chi connectivity index (χ0v) is 26.2. The van der Waals surface area contributed by atoms with Gasteiger partial charge in [0.25, 0.3) is 0 Å². The Labute approximate surface area is 272 Å². The van der Waals surface area contributed by atoms with Gasteiger partial charge in [-0.1, -0.05) is 42.0 Å². The van der Waals surface area contributed by atoms with Crippen molar-refractivity contribution in [3.63, 3.8) is 0 Å². The van der Waals surface area contributed by atoms with Crippen LogP contribution in [0.5, 0.6) is 11.6 Å². The topological polar surface area (TPSA) is 39.9 Å². The first-order chi connectivity index (χ1) is 18.8. The molecule has 3 heterocycles. The molecule has 4 aromatic carbocycles. The average Bonchev–Trinajstić information content (AvgIpc) is 3.32. The number of fused-ring (bicyclic) bond motifs is 3. The molecule has 4 nitrogen and oxygen atoms in total. The van der Waals surface area contributed by atoms with Gasteiger partial charge < -0.3 is 14.3 Å². The van der Waals surface area contributed by atoms with Crippen molar-refractivity contribution in [3.8, 4) is 39.8 Å². The van der Waals surface area contributed by atoms with Gasteiger partial charge in [-0.25, -0.2) is 5.56 Å². The van der Waals surface area contributed by atoms with Crippen LogP contribution in [0.1, 0.15) is 0 Å². The van der Waals surface area contributed by atoms with Crippen LogP contribution in [0.3, 0.4) is 0 Å². The molecule has 0 saturated carbocycles. The Bertz CT molecular complexity index is 1910. The van der Waals surface area contributed by atoms with Crippen LogP contribution < -0.4 is 4.74 Å². The smallest absolute Gasteiger partial charge is 0.466 e. The number of hydrogen-bond donors (Lipinski definition) is 0. The van der Waals surface area contributed by atoms with Gasteiger partial charge in [-0.05, 0) is 23.2 Å². The third-order valence-corrected chi connectivity index (χ3v) is 6.39. The molecule has 0 saturated heterocycles. The summed E-state index contributed by atoms with van der Waals surface area (Å²) >= 11 is 0. The molecule has 6 heteroatoms. The first-order valence-electron chi connectivity index (χ1n) is 12.3. The molecule has 0 bridgehead atoms. The minimum absolute atomic E-state index is 0. The molecular formula is C34H19N3OPtY-2. The maximum absolute atomic E-state index is 6.22. The summed E-state index contributed by atoms with van der Waals surface area (Å²) in [6.45, 7) is 0. The van der Waals surface area contributed by atoms with Crippen LogP contribution in [-0.2, 0) is 53.8 Å². The minimum atomic E-state index is 0.